The zero-order valence-corrected chi connectivity index (χ0v) is 16.7. The van der Waals surface area contributed by atoms with Gasteiger partial charge in [-0.1, -0.05) is 0 Å². The summed E-state index contributed by atoms with van der Waals surface area (Å²) < 4.78 is 41.6. The van der Waals surface area contributed by atoms with Crippen LogP contribution in [0.5, 0.6) is 0 Å². The van der Waals surface area contributed by atoms with E-state index in [0.717, 1.165) is 18.6 Å². The fraction of sp³-hybridized carbons (Fsp3) is 0.474. The van der Waals surface area contributed by atoms with E-state index in [1.165, 1.54) is 4.90 Å². The quantitative estimate of drug-likeness (QED) is 0.320. The molecule has 164 valence electrons. The maximum Gasteiger partial charge on any atom is 0.412 e. The molecule has 2 amide bonds. The summed E-state index contributed by atoms with van der Waals surface area (Å²) in [5.74, 6) is -4.16. The monoisotopic (exact) mass is 428 g/mol. The van der Waals surface area contributed by atoms with Crippen LogP contribution in [-0.2, 0) is 19.0 Å². The van der Waals surface area contributed by atoms with Crippen molar-refractivity contribution in [3.05, 3.63) is 35.4 Å². The summed E-state index contributed by atoms with van der Waals surface area (Å²) in [6, 6.07) is 2.24. The summed E-state index contributed by atoms with van der Waals surface area (Å²) in [4.78, 5) is 49.5. The van der Waals surface area contributed by atoms with Crippen LogP contribution >= 0.6 is 0 Å². The van der Waals surface area contributed by atoms with E-state index in [4.69, 9.17) is 14.2 Å². The first-order valence-corrected chi connectivity index (χ1v) is 9.06. The van der Waals surface area contributed by atoms with Gasteiger partial charge in [0.15, 0.2) is 6.61 Å². The minimum atomic E-state index is -1.90. The summed E-state index contributed by atoms with van der Waals surface area (Å²) in [6.45, 7) is 4.62. The van der Waals surface area contributed by atoms with Crippen LogP contribution in [0.3, 0.4) is 0 Å². The number of ketones is 1. The second kappa shape index (κ2) is 9.51. The van der Waals surface area contributed by atoms with E-state index in [0.29, 0.717) is 19.2 Å². The number of carbonyl (C=O) groups is 4. The highest BCUT2D eigenvalue weighted by Gasteiger charge is 2.32. The maximum absolute atomic E-state index is 13.7. The van der Waals surface area contributed by atoms with E-state index < -0.39 is 59.6 Å². The number of amides is 2. The lowest BCUT2D eigenvalue weighted by Crippen LogP contribution is -2.51. The van der Waals surface area contributed by atoms with Gasteiger partial charge in [-0.2, -0.15) is 0 Å². The minimum Gasteiger partial charge on any atom is -0.453 e. The Bertz CT molecular complexity index is 835. The van der Waals surface area contributed by atoms with Crippen molar-refractivity contribution in [2.24, 2.45) is 0 Å². The third kappa shape index (κ3) is 6.68. The van der Waals surface area contributed by atoms with Gasteiger partial charge in [-0.3, -0.25) is 10.1 Å². The van der Waals surface area contributed by atoms with Crippen LogP contribution in [0.25, 0.3) is 0 Å². The zero-order valence-electron chi connectivity index (χ0n) is 16.7. The number of carbonyl (C=O) groups excluding carboxylic acids is 4. The lowest BCUT2D eigenvalue weighted by molar-refractivity contribution is -0.155. The van der Waals surface area contributed by atoms with Gasteiger partial charge in [0.2, 0.25) is 5.78 Å². The number of Topliss-reactive ketones (excluding diaryl/α,β-unsaturated/α-hetero) is 1. The molecule has 1 fully saturated rings. The van der Waals surface area contributed by atoms with Crippen molar-refractivity contribution in [1.29, 1.82) is 0 Å². The molecule has 1 aromatic carbocycles. The van der Waals surface area contributed by atoms with Crippen molar-refractivity contribution in [2.75, 3.05) is 19.7 Å². The number of esters is 1. The van der Waals surface area contributed by atoms with Gasteiger partial charge in [0.05, 0.1) is 5.56 Å². The molecule has 1 saturated heterocycles. The SMILES string of the molecule is CC(C)(C)OC(=O)NC(OC(=O)N1CCC1)C(=O)OCC(=O)c1cc(F)ccc1F. The van der Waals surface area contributed by atoms with Crippen molar-refractivity contribution in [3.63, 3.8) is 0 Å². The number of hydrogen-bond acceptors (Lipinski definition) is 7. The second-order valence-corrected chi connectivity index (χ2v) is 7.41. The lowest BCUT2D eigenvalue weighted by Gasteiger charge is -2.31. The van der Waals surface area contributed by atoms with Crippen molar-refractivity contribution < 1.29 is 42.2 Å². The van der Waals surface area contributed by atoms with Gasteiger partial charge in [0.25, 0.3) is 6.23 Å². The second-order valence-electron chi connectivity index (χ2n) is 7.41. The normalized spacial score (nSPS) is 14.2. The average molecular weight is 428 g/mol. The molecular formula is C19H22F2N2O7. The van der Waals surface area contributed by atoms with E-state index in [1.54, 1.807) is 20.8 Å². The summed E-state index contributed by atoms with van der Waals surface area (Å²) in [5, 5.41) is 2.04. The number of rotatable bonds is 6. The van der Waals surface area contributed by atoms with Crippen molar-refractivity contribution in [3.8, 4) is 0 Å². The van der Waals surface area contributed by atoms with Crippen LogP contribution < -0.4 is 5.32 Å². The predicted octanol–water partition coefficient (Wildman–Crippen LogP) is 2.38. The fourth-order valence-corrected chi connectivity index (χ4v) is 2.23. The molecule has 2 rings (SSSR count). The van der Waals surface area contributed by atoms with Crippen molar-refractivity contribution in [1.82, 2.24) is 10.2 Å². The number of ether oxygens (including phenoxy) is 3. The molecule has 9 nitrogen and oxygen atoms in total. The molecule has 0 bridgehead atoms. The van der Waals surface area contributed by atoms with Crippen LogP contribution in [-0.4, -0.2) is 60.4 Å². The van der Waals surface area contributed by atoms with E-state index in [1.807, 2.05) is 5.32 Å². The van der Waals surface area contributed by atoms with E-state index in [-0.39, 0.29) is 0 Å². The Kier molecular flexibility index (Phi) is 7.30. The Labute approximate surface area is 171 Å². The molecule has 1 aromatic rings. The molecule has 0 saturated carbocycles. The van der Waals surface area contributed by atoms with Crippen LogP contribution in [0, 0.1) is 11.6 Å². The van der Waals surface area contributed by atoms with E-state index in [2.05, 4.69) is 0 Å². The first kappa shape index (κ1) is 23.0. The molecule has 1 heterocycles. The number of nitrogens with one attached hydrogen (secondary N) is 1. The highest BCUT2D eigenvalue weighted by molar-refractivity contribution is 5.98. The number of benzene rings is 1. The number of likely N-dealkylation sites (tertiary alicyclic amines) is 1. The summed E-state index contributed by atoms with van der Waals surface area (Å²) >= 11 is 0. The van der Waals surface area contributed by atoms with Gasteiger partial charge < -0.3 is 19.1 Å². The molecule has 0 aliphatic carbocycles. The molecular weight excluding hydrogens is 406 g/mol. The fourth-order valence-electron chi connectivity index (χ4n) is 2.23. The Morgan fingerprint density at radius 3 is 2.40 bits per heavy atom. The Balaban J connectivity index is 2.03. The van der Waals surface area contributed by atoms with Gasteiger partial charge in [-0.05, 0) is 45.4 Å². The van der Waals surface area contributed by atoms with E-state index >= 15 is 0 Å². The van der Waals surface area contributed by atoms with Gasteiger partial charge >= 0.3 is 18.2 Å². The Morgan fingerprint density at radius 1 is 1.17 bits per heavy atom. The van der Waals surface area contributed by atoms with Crippen molar-refractivity contribution >= 4 is 23.9 Å². The average Bonchev–Trinajstić information content (AvgIpc) is 2.57. The first-order chi connectivity index (χ1) is 14.0. The van der Waals surface area contributed by atoms with Crippen LogP contribution in [0.15, 0.2) is 18.2 Å². The number of hydrogen-bond donors (Lipinski definition) is 1. The predicted molar refractivity (Wildman–Crippen MR) is 97.5 cm³/mol. The smallest absolute Gasteiger partial charge is 0.412 e. The first-order valence-electron chi connectivity index (χ1n) is 9.06. The summed E-state index contributed by atoms with van der Waals surface area (Å²) in [6.07, 6.45) is -3.08. The highest BCUT2D eigenvalue weighted by Crippen LogP contribution is 2.13. The van der Waals surface area contributed by atoms with Gasteiger partial charge in [-0.15, -0.1) is 0 Å². The van der Waals surface area contributed by atoms with Gasteiger partial charge in [0, 0.05) is 13.1 Å². The molecule has 1 aliphatic heterocycles. The van der Waals surface area contributed by atoms with E-state index in [9.17, 15) is 28.0 Å². The minimum absolute atomic E-state index is 0.421. The number of alkyl carbamates (subject to hydrolysis) is 1. The van der Waals surface area contributed by atoms with Crippen LogP contribution in [0.1, 0.15) is 37.6 Å². The molecule has 30 heavy (non-hydrogen) atoms. The molecule has 1 atom stereocenters. The summed E-state index contributed by atoms with van der Waals surface area (Å²) in [5.41, 5.74) is -1.51. The third-order valence-electron chi connectivity index (χ3n) is 3.77. The number of halogens is 2. The molecule has 1 N–H and O–H groups in total. The zero-order chi connectivity index (χ0) is 22.5. The molecule has 11 heteroatoms. The van der Waals surface area contributed by atoms with Gasteiger partial charge in [-0.25, -0.2) is 23.2 Å². The lowest BCUT2D eigenvalue weighted by atomic mass is 10.1. The molecule has 1 unspecified atom stereocenters. The molecule has 0 spiro atoms. The molecule has 0 radical (unpaired) electrons. The largest absolute Gasteiger partial charge is 0.453 e. The Morgan fingerprint density at radius 2 is 1.83 bits per heavy atom. The molecule has 1 aliphatic rings. The number of nitrogens with zero attached hydrogens (tertiary/aromatic N) is 1. The van der Waals surface area contributed by atoms with Crippen molar-refractivity contribution in [2.45, 2.75) is 39.0 Å². The highest BCUT2D eigenvalue weighted by atomic mass is 19.1. The topological polar surface area (TPSA) is 111 Å². The summed E-state index contributed by atoms with van der Waals surface area (Å²) in [7, 11) is 0. The Hall–Kier alpha value is -3.24. The third-order valence-corrected chi connectivity index (χ3v) is 3.77. The van der Waals surface area contributed by atoms with Crippen LogP contribution in [0.4, 0.5) is 18.4 Å². The maximum atomic E-state index is 13.7. The van der Waals surface area contributed by atoms with Gasteiger partial charge in [0.1, 0.15) is 17.2 Å². The standard InChI is InChI=1S/C19H22F2N2O7/c1-19(2,3)30-17(26)22-15(29-18(27)23-7-4-8-23)16(25)28-10-14(24)12-9-11(20)5-6-13(12)21/h5-6,9,15H,4,7-8,10H2,1-3H3,(H,22,26). The van der Waals surface area contributed by atoms with Crippen LogP contribution in [0.2, 0.25) is 0 Å². The molecule has 0 aromatic heterocycles.